The van der Waals surface area contributed by atoms with Gasteiger partial charge in [-0.05, 0) is 53.8 Å². The second kappa shape index (κ2) is 6.02. The van der Waals surface area contributed by atoms with Crippen LogP contribution in [0.25, 0.3) is 0 Å². The van der Waals surface area contributed by atoms with E-state index < -0.39 is 0 Å². The number of amides is 1. The van der Waals surface area contributed by atoms with Crippen molar-refractivity contribution in [2.24, 2.45) is 0 Å². The minimum absolute atomic E-state index is 0.128. The van der Waals surface area contributed by atoms with Crippen molar-refractivity contribution in [3.8, 4) is 0 Å². The Morgan fingerprint density at radius 2 is 1.90 bits per heavy atom. The monoisotopic (exact) mass is 343 g/mol. The summed E-state index contributed by atoms with van der Waals surface area (Å²) in [6, 6.07) is 14.3. The van der Waals surface area contributed by atoms with E-state index in [9.17, 15) is 4.79 Å². The van der Waals surface area contributed by atoms with Gasteiger partial charge in [0.1, 0.15) is 0 Å². The molecular formula is C18H18BrNO. The quantitative estimate of drug-likeness (QED) is 0.799. The molecule has 1 aliphatic heterocycles. The largest absolute Gasteiger partial charge is 0.334 e. The number of nitrogens with zero attached hydrogens (tertiary/aromatic N) is 1. The minimum atomic E-state index is 0.128. The zero-order chi connectivity index (χ0) is 14.8. The lowest BCUT2D eigenvalue weighted by Crippen LogP contribution is -2.35. The molecule has 3 heteroatoms. The Labute approximate surface area is 133 Å². The van der Waals surface area contributed by atoms with Crippen molar-refractivity contribution in [1.29, 1.82) is 0 Å². The highest BCUT2D eigenvalue weighted by Gasteiger charge is 2.21. The molecule has 1 aliphatic rings. The predicted octanol–water partition coefficient (Wildman–Crippen LogP) is 4.21. The summed E-state index contributed by atoms with van der Waals surface area (Å²) >= 11 is 3.50. The number of halogens is 1. The topological polar surface area (TPSA) is 20.3 Å². The lowest BCUT2D eigenvalue weighted by Gasteiger charge is -2.29. The Balaban J connectivity index is 1.79. The Morgan fingerprint density at radius 1 is 1.14 bits per heavy atom. The van der Waals surface area contributed by atoms with Crippen LogP contribution in [0.1, 0.15) is 34.0 Å². The molecule has 0 fully saturated rings. The third-order valence-corrected chi connectivity index (χ3v) is 4.57. The SMILES string of the molecule is CCc1ccc(C(=O)N2CCc3ccc(Br)cc3C2)cc1. The number of carbonyl (C=O) groups is 1. The van der Waals surface area contributed by atoms with Gasteiger partial charge in [-0.1, -0.05) is 41.1 Å². The number of hydrogen-bond acceptors (Lipinski definition) is 1. The molecule has 0 atom stereocenters. The number of fused-ring (bicyclic) bond motifs is 1. The van der Waals surface area contributed by atoms with Crippen molar-refractivity contribution in [1.82, 2.24) is 4.90 Å². The molecular weight excluding hydrogens is 326 g/mol. The lowest BCUT2D eigenvalue weighted by atomic mass is 9.99. The maximum atomic E-state index is 12.6. The fourth-order valence-corrected chi connectivity index (χ4v) is 3.17. The smallest absolute Gasteiger partial charge is 0.254 e. The molecule has 0 unspecified atom stereocenters. The molecule has 0 saturated carbocycles. The van der Waals surface area contributed by atoms with Crippen LogP contribution in [-0.2, 0) is 19.4 Å². The third kappa shape index (κ3) is 3.03. The fourth-order valence-electron chi connectivity index (χ4n) is 2.76. The molecule has 0 N–H and O–H groups in total. The molecule has 2 nitrogen and oxygen atoms in total. The molecule has 0 radical (unpaired) electrons. The Bertz CT molecular complexity index is 663. The molecule has 2 aromatic rings. The first-order valence-electron chi connectivity index (χ1n) is 7.33. The zero-order valence-electron chi connectivity index (χ0n) is 12.1. The molecule has 3 rings (SSSR count). The van der Waals surface area contributed by atoms with Crippen molar-refractivity contribution < 1.29 is 4.79 Å². The van der Waals surface area contributed by atoms with Crippen LogP contribution < -0.4 is 0 Å². The van der Waals surface area contributed by atoms with Crippen LogP contribution in [0.3, 0.4) is 0 Å². The number of hydrogen-bond donors (Lipinski definition) is 0. The van der Waals surface area contributed by atoms with Gasteiger partial charge in [0, 0.05) is 23.1 Å². The van der Waals surface area contributed by atoms with E-state index in [0.29, 0.717) is 6.54 Å². The van der Waals surface area contributed by atoms with Gasteiger partial charge in [-0.3, -0.25) is 4.79 Å². The van der Waals surface area contributed by atoms with E-state index in [1.165, 1.54) is 16.7 Å². The van der Waals surface area contributed by atoms with Gasteiger partial charge >= 0.3 is 0 Å². The van der Waals surface area contributed by atoms with Crippen LogP contribution in [-0.4, -0.2) is 17.4 Å². The van der Waals surface area contributed by atoms with Crippen molar-refractivity contribution in [2.75, 3.05) is 6.54 Å². The molecule has 108 valence electrons. The third-order valence-electron chi connectivity index (χ3n) is 4.08. The van der Waals surface area contributed by atoms with Crippen LogP contribution >= 0.6 is 15.9 Å². The molecule has 0 aromatic heterocycles. The van der Waals surface area contributed by atoms with E-state index in [0.717, 1.165) is 29.4 Å². The molecule has 2 aromatic carbocycles. The molecule has 0 spiro atoms. The molecule has 0 saturated heterocycles. The van der Waals surface area contributed by atoms with Crippen LogP contribution in [0.5, 0.6) is 0 Å². The van der Waals surface area contributed by atoms with Crippen molar-refractivity contribution >= 4 is 21.8 Å². The average molecular weight is 344 g/mol. The molecule has 0 aliphatic carbocycles. The van der Waals surface area contributed by atoms with E-state index in [4.69, 9.17) is 0 Å². The molecule has 1 heterocycles. The molecule has 21 heavy (non-hydrogen) atoms. The van der Waals surface area contributed by atoms with Crippen LogP contribution in [0.4, 0.5) is 0 Å². The molecule has 1 amide bonds. The summed E-state index contributed by atoms with van der Waals surface area (Å²) in [5.41, 5.74) is 4.64. The maximum absolute atomic E-state index is 12.6. The summed E-state index contributed by atoms with van der Waals surface area (Å²) in [7, 11) is 0. The van der Waals surface area contributed by atoms with Crippen LogP contribution in [0.2, 0.25) is 0 Å². The Hall–Kier alpha value is -1.61. The number of benzene rings is 2. The maximum Gasteiger partial charge on any atom is 0.254 e. The van der Waals surface area contributed by atoms with Gasteiger partial charge in [-0.2, -0.15) is 0 Å². The summed E-state index contributed by atoms with van der Waals surface area (Å²) in [4.78, 5) is 14.5. The predicted molar refractivity (Wildman–Crippen MR) is 88.4 cm³/mol. The summed E-state index contributed by atoms with van der Waals surface area (Å²) < 4.78 is 1.07. The van der Waals surface area contributed by atoms with Gasteiger partial charge in [-0.25, -0.2) is 0 Å². The van der Waals surface area contributed by atoms with Gasteiger partial charge in [-0.15, -0.1) is 0 Å². The Morgan fingerprint density at radius 3 is 2.62 bits per heavy atom. The zero-order valence-corrected chi connectivity index (χ0v) is 13.7. The molecule has 0 bridgehead atoms. The first-order valence-corrected chi connectivity index (χ1v) is 8.12. The van der Waals surface area contributed by atoms with Gasteiger partial charge in [0.05, 0.1) is 0 Å². The van der Waals surface area contributed by atoms with E-state index in [1.54, 1.807) is 0 Å². The highest BCUT2D eigenvalue weighted by atomic mass is 79.9. The van der Waals surface area contributed by atoms with Crippen molar-refractivity contribution in [3.63, 3.8) is 0 Å². The first-order chi connectivity index (χ1) is 10.2. The summed E-state index contributed by atoms with van der Waals surface area (Å²) in [5.74, 6) is 0.128. The van der Waals surface area contributed by atoms with Crippen molar-refractivity contribution in [2.45, 2.75) is 26.3 Å². The highest BCUT2D eigenvalue weighted by molar-refractivity contribution is 9.10. The van der Waals surface area contributed by atoms with E-state index in [-0.39, 0.29) is 5.91 Å². The summed E-state index contributed by atoms with van der Waals surface area (Å²) in [5, 5.41) is 0. The normalized spacial score (nSPS) is 13.9. The van der Waals surface area contributed by atoms with E-state index >= 15 is 0 Å². The highest BCUT2D eigenvalue weighted by Crippen LogP contribution is 2.24. The minimum Gasteiger partial charge on any atom is -0.334 e. The van der Waals surface area contributed by atoms with Gasteiger partial charge in [0.25, 0.3) is 5.91 Å². The Kier molecular flexibility index (Phi) is 4.11. The first kappa shape index (κ1) is 14.3. The van der Waals surface area contributed by atoms with Crippen LogP contribution in [0, 0.1) is 0 Å². The lowest BCUT2D eigenvalue weighted by molar-refractivity contribution is 0.0734. The summed E-state index contributed by atoms with van der Waals surface area (Å²) in [6.07, 6.45) is 1.93. The standard InChI is InChI=1S/C18H18BrNO/c1-2-13-3-5-15(6-4-13)18(21)20-10-9-14-7-8-17(19)11-16(14)12-20/h3-8,11H,2,9-10,12H2,1H3. The van der Waals surface area contributed by atoms with E-state index in [2.05, 4.69) is 41.1 Å². The van der Waals surface area contributed by atoms with Gasteiger partial charge < -0.3 is 4.90 Å². The van der Waals surface area contributed by atoms with E-state index in [1.807, 2.05) is 29.2 Å². The second-order valence-electron chi connectivity index (χ2n) is 5.44. The van der Waals surface area contributed by atoms with Crippen LogP contribution in [0.15, 0.2) is 46.9 Å². The fraction of sp³-hybridized carbons (Fsp3) is 0.278. The van der Waals surface area contributed by atoms with Crippen molar-refractivity contribution in [3.05, 3.63) is 69.2 Å². The number of rotatable bonds is 2. The number of aryl methyl sites for hydroxylation is 1. The summed E-state index contributed by atoms with van der Waals surface area (Å²) in [6.45, 7) is 3.61. The number of carbonyl (C=O) groups excluding carboxylic acids is 1. The van der Waals surface area contributed by atoms with Gasteiger partial charge in [0.15, 0.2) is 0 Å². The average Bonchev–Trinajstić information content (AvgIpc) is 2.53. The second-order valence-corrected chi connectivity index (χ2v) is 6.36. The van der Waals surface area contributed by atoms with Gasteiger partial charge in [0.2, 0.25) is 0 Å².